The Labute approximate surface area is 111 Å². The van der Waals surface area contributed by atoms with Crippen molar-refractivity contribution in [3.8, 4) is 5.82 Å². The first-order valence-electron chi connectivity index (χ1n) is 5.16. The van der Waals surface area contributed by atoms with E-state index in [1.807, 2.05) is 0 Å². The van der Waals surface area contributed by atoms with Gasteiger partial charge in [0, 0.05) is 35.6 Å². The summed E-state index contributed by atoms with van der Waals surface area (Å²) in [5.41, 5.74) is 5.39. The van der Waals surface area contributed by atoms with Crippen molar-refractivity contribution in [1.29, 1.82) is 0 Å². The van der Waals surface area contributed by atoms with E-state index in [0.29, 0.717) is 23.3 Å². The van der Waals surface area contributed by atoms with Gasteiger partial charge in [-0.3, -0.25) is 14.7 Å². The van der Waals surface area contributed by atoms with E-state index in [4.69, 9.17) is 5.73 Å². The second-order valence-corrected chi connectivity index (χ2v) is 4.42. The number of halogens is 1. The summed E-state index contributed by atoms with van der Waals surface area (Å²) in [5.74, 6) is 0.888. The first-order chi connectivity index (χ1) is 8.63. The average molecular weight is 312 g/mol. The highest BCUT2D eigenvalue weighted by molar-refractivity contribution is 9.10. The lowest BCUT2D eigenvalue weighted by atomic mass is 10.3. The van der Waals surface area contributed by atoms with Gasteiger partial charge in [-0.15, -0.1) is 0 Å². The molecule has 2 heterocycles. The first-order valence-corrected chi connectivity index (χ1v) is 5.95. The fourth-order valence-corrected chi connectivity index (χ4v) is 1.90. The van der Waals surface area contributed by atoms with Gasteiger partial charge in [0.05, 0.1) is 4.92 Å². The van der Waals surface area contributed by atoms with Crippen LogP contribution in [0, 0.1) is 10.1 Å². The molecule has 0 spiro atoms. The summed E-state index contributed by atoms with van der Waals surface area (Å²) < 4.78 is 2.13. The largest absolute Gasteiger partial charge is 0.330 e. The first kappa shape index (κ1) is 12.7. The van der Waals surface area contributed by atoms with Crippen LogP contribution in [0.15, 0.2) is 29.1 Å². The molecule has 94 valence electrons. The van der Waals surface area contributed by atoms with E-state index >= 15 is 0 Å². The molecule has 0 radical (unpaired) electrons. The molecule has 0 aromatic carbocycles. The number of hydrogen-bond donors (Lipinski definition) is 1. The van der Waals surface area contributed by atoms with Gasteiger partial charge in [-0.2, -0.15) is 0 Å². The third kappa shape index (κ3) is 2.39. The van der Waals surface area contributed by atoms with E-state index in [1.54, 1.807) is 17.0 Å². The molecule has 0 bridgehead atoms. The van der Waals surface area contributed by atoms with Gasteiger partial charge < -0.3 is 5.73 Å². The number of rotatable bonds is 4. The van der Waals surface area contributed by atoms with Gasteiger partial charge in [0.25, 0.3) is 0 Å². The molecule has 8 heteroatoms. The molecule has 7 nitrogen and oxygen atoms in total. The number of imidazole rings is 1. The van der Waals surface area contributed by atoms with E-state index in [9.17, 15) is 10.1 Å². The highest BCUT2D eigenvalue weighted by Crippen LogP contribution is 2.25. The van der Waals surface area contributed by atoms with Crippen molar-refractivity contribution in [2.24, 2.45) is 5.73 Å². The Bertz CT molecular complexity index is 583. The van der Waals surface area contributed by atoms with Crippen LogP contribution >= 0.6 is 15.9 Å². The molecule has 2 aromatic rings. The van der Waals surface area contributed by atoms with E-state index < -0.39 is 4.92 Å². The highest BCUT2D eigenvalue weighted by atomic mass is 79.9. The van der Waals surface area contributed by atoms with Crippen molar-refractivity contribution < 1.29 is 4.92 Å². The van der Waals surface area contributed by atoms with Crippen LogP contribution in [0.5, 0.6) is 0 Å². The minimum Gasteiger partial charge on any atom is -0.330 e. The van der Waals surface area contributed by atoms with Crippen LogP contribution in [0.3, 0.4) is 0 Å². The third-order valence-electron chi connectivity index (χ3n) is 2.32. The molecule has 0 atom stereocenters. The molecule has 2 N–H and O–H groups in total. The van der Waals surface area contributed by atoms with Gasteiger partial charge in [-0.05, 0) is 22.5 Å². The summed E-state index contributed by atoms with van der Waals surface area (Å²) in [6, 6.07) is 1.41. The lowest BCUT2D eigenvalue weighted by Gasteiger charge is -2.06. The van der Waals surface area contributed by atoms with Gasteiger partial charge in [-0.1, -0.05) is 0 Å². The zero-order valence-corrected chi connectivity index (χ0v) is 10.9. The third-order valence-corrected chi connectivity index (χ3v) is 2.76. The van der Waals surface area contributed by atoms with Crippen LogP contribution < -0.4 is 5.73 Å². The summed E-state index contributed by atoms with van der Waals surface area (Å²) in [4.78, 5) is 18.7. The van der Waals surface area contributed by atoms with Gasteiger partial charge in [0.2, 0.25) is 5.82 Å². The fourth-order valence-electron chi connectivity index (χ4n) is 1.58. The lowest BCUT2D eigenvalue weighted by molar-refractivity contribution is -0.385. The Kier molecular flexibility index (Phi) is 3.68. The number of pyridine rings is 1. The highest BCUT2D eigenvalue weighted by Gasteiger charge is 2.19. The summed E-state index contributed by atoms with van der Waals surface area (Å²) in [6.45, 7) is 0.418. The Morgan fingerprint density at radius 1 is 1.50 bits per heavy atom. The fraction of sp³-hybridized carbons (Fsp3) is 0.200. The Hall–Kier alpha value is -1.80. The summed E-state index contributed by atoms with van der Waals surface area (Å²) in [7, 11) is 0. The summed E-state index contributed by atoms with van der Waals surface area (Å²) in [5, 5.41) is 11.0. The molecule has 0 amide bonds. The van der Waals surface area contributed by atoms with Crippen LogP contribution in [0.25, 0.3) is 5.82 Å². The number of hydrogen-bond acceptors (Lipinski definition) is 5. The maximum Gasteiger partial charge on any atom is 0.313 e. The molecule has 0 aliphatic heterocycles. The molecule has 18 heavy (non-hydrogen) atoms. The Morgan fingerprint density at radius 3 is 2.94 bits per heavy atom. The standard InChI is InChI=1S/C10H10BrN5O2/c11-7-5-8(16(17)18)10(14-6-7)15-4-3-13-9(15)1-2-12/h3-6H,1-2,12H2. The van der Waals surface area contributed by atoms with Crippen LogP contribution in [0.4, 0.5) is 5.69 Å². The predicted molar refractivity (Wildman–Crippen MR) is 68.5 cm³/mol. The quantitative estimate of drug-likeness (QED) is 0.680. The smallest absolute Gasteiger partial charge is 0.313 e. The van der Waals surface area contributed by atoms with E-state index in [0.717, 1.165) is 0 Å². The summed E-state index contributed by atoms with van der Waals surface area (Å²) in [6.07, 6.45) is 5.24. The molecule has 2 rings (SSSR count). The Balaban J connectivity index is 2.56. The molecule has 2 aromatic heterocycles. The van der Waals surface area contributed by atoms with Crippen LogP contribution in [0.2, 0.25) is 0 Å². The maximum absolute atomic E-state index is 11.0. The predicted octanol–water partition coefficient (Wildman–Crippen LogP) is 1.44. The second kappa shape index (κ2) is 5.23. The molecule has 0 aliphatic rings. The van der Waals surface area contributed by atoms with E-state index in [1.165, 1.54) is 12.3 Å². The van der Waals surface area contributed by atoms with Gasteiger partial charge >= 0.3 is 5.69 Å². The monoisotopic (exact) mass is 311 g/mol. The maximum atomic E-state index is 11.0. The molecule has 0 fully saturated rings. The second-order valence-electron chi connectivity index (χ2n) is 3.51. The van der Waals surface area contributed by atoms with E-state index in [-0.39, 0.29) is 11.5 Å². The zero-order chi connectivity index (χ0) is 13.1. The van der Waals surface area contributed by atoms with Crippen molar-refractivity contribution in [1.82, 2.24) is 14.5 Å². The van der Waals surface area contributed by atoms with Crippen molar-refractivity contribution in [2.45, 2.75) is 6.42 Å². The lowest BCUT2D eigenvalue weighted by Crippen LogP contribution is -2.10. The SMILES string of the molecule is NCCc1nccn1-c1ncc(Br)cc1[N+](=O)[O-]. The Morgan fingerprint density at radius 2 is 2.28 bits per heavy atom. The van der Waals surface area contributed by atoms with Crippen LogP contribution in [0.1, 0.15) is 5.82 Å². The number of nitro groups is 1. The normalized spacial score (nSPS) is 10.6. The van der Waals surface area contributed by atoms with Crippen molar-refractivity contribution in [3.63, 3.8) is 0 Å². The van der Waals surface area contributed by atoms with Gasteiger partial charge in [-0.25, -0.2) is 9.97 Å². The number of nitrogens with zero attached hydrogens (tertiary/aromatic N) is 4. The van der Waals surface area contributed by atoms with Crippen molar-refractivity contribution in [2.75, 3.05) is 6.54 Å². The number of aromatic nitrogens is 3. The minimum absolute atomic E-state index is 0.0827. The molecular weight excluding hydrogens is 302 g/mol. The molecular formula is C10H10BrN5O2. The van der Waals surface area contributed by atoms with Crippen molar-refractivity contribution >= 4 is 21.6 Å². The average Bonchev–Trinajstić information content (AvgIpc) is 2.77. The van der Waals surface area contributed by atoms with Gasteiger partial charge in [0.1, 0.15) is 5.82 Å². The van der Waals surface area contributed by atoms with E-state index in [2.05, 4.69) is 25.9 Å². The molecule has 0 aliphatic carbocycles. The van der Waals surface area contributed by atoms with Crippen LogP contribution in [-0.4, -0.2) is 26.0 Å². The van der Waals surface area contributed by atoms with Crippen molar-refractivity contribution in [3.05, 3.63) is 45.1 Å². The minimum atomic E-state index is -0.473. The zero-order valence-electron chi connectivity index (χ0n) is 9.28. The molecule has 0 saturated carbocycles. The number of nitrogens with two attached hydrogens (primary N) is 1. The summed E-state index contributed by atoms with van der Waals surface area (Å²) >= 11 is 3.17. The molecule has 0 unspecified atom stereocenters. The van der Waals surface area contributed by atoms with Gasteiger partial charge in [0.15, 0.2) is 0 Å². The topological polar surface area (TPSA) is 99.9 Å². The van der Waals surface area contributed by atoms with Crippen LogP contribution in [-0.2, 0) is 6.42 Å². The molecule has 0 saturated heterocycles.